The molecule has 0 saturated heterocycles. The van der Waals surface area contributed by atoms with Crippen LogP contribution in [0.5, 0.6) is 0 Å². The van der Waals surface area contributed by atoms with Crippen LogP contribution in [0, 0.1) is 0 Å². The van der Waals surface area contributed by atoms with Crippen molar-refractivity contribution in [2.75, 3.05) is 0 Å². The quantitative estimate of drug-likeness (QED) is 0.188. The van der Waals surface area contributed by atoms with Crippen molar-refractivity contribution in [2.45, 2.75) is 5.41 Å². The third kappa shape index (κ3) is 4.28. The largest absolute Gasteiger partial charge is 0.456 e. The molecule has 9 aromatic rings. The molecular formula is C46H29N3O. The molecule has 0 spiro atoms. The fourth-order valence-corrected chi connectivity index (χ4v) is 7.80. The van der Waals surface area contributed by atoms with Gasteiger partial charge in [-0.05, 0) is 51.6 Å². The van der Waals surface area contributed by atoms with Gasteiger partial charge in [-0.15, -0.1) is 0 Å². The molecule has 0 saturated carbocycles. The number of benzene rings is 7. The number of hydrogen-bond acceptors (Lipinski definition) is 4. The van der Waals surface area contributed by atoms with Crippen molar-refractivity contribution in [2.24, 2.45) is 0 Å². The molecule has 0 bridgehead atoms. The average Bonchev–Trinajstić information content (AvgIpc) is 3.72. The van der Waals surface area contributed by atoms with E-state index in [1.54, 1.807) is 0 Å². The van der Waals surface area contributed by atoms with Crippen molar-refractivity contribution in [1.82, 2.24) is 15.0 Å². The monoisotopic (exact) mass is 639 g/mol. The lowest BCUT2D eigenvalue weighted by molar-refractivity contribution is 0.665. The molecule has 1 aliphatic carbocycles. The number of fused-ring (bicyclic) bond motifs is 6. The summed E-state index contributed by atoms with van der Waals surface area (Å²) in [6.45, 7) is 0. The van der Waals surface area contributed by atoms with Crippen LogP contribution < -0.4 is 0 Å². The van der Waals surface area contributed by atoms with Gasteiger partial charge in [0.2, 0.25) is 0 Å². The Morgan fingerprint density at radius 2 is 0.820 bits per heavy atom. The van der Waals surface area contributed by atoms with Crippen molar-refractivity contribution in [3.63, 3.8) is 0 Å². The molecule has 4 heteroatoms. The van der Waals surface area contributed by atoms with E-state index in [0.717, 1.165) is 38.6 Å². The van der Waals surface area contributed by atoms with E-state index >= 15 is 0 Å². The van der Waals surface area contributed by atoms with Crippen molar-refractivity contribution in [3.05, 3.63) is 198 Å². The molecule has 0 amide bonds. The van der Waals surface area contributed by atoms with Crippen LogP contribution in [0.2, 0.25) is 0 Å². The molecule has 4 nitrogen and oxygen atoms in total. The SMILES string of the molecule is c1ccc(-c2nc(-c3ccccc3)nc(-c3ccc4c(c3)oc3cc(C5(c6ccccc6)c6ccccc6-c6ccccc65)ccc34)n2)cc1. The normalized spacial score (nSPS) is 13.0. The highest BCUT2D eigenvalue weighted by Crippen LogP contribution is 2.56. The Morgan fingerprint density at radius 1 is 0.360 bits per heavy atom. The Balaban J connectivity index is 1.15. The van der Waals surface area contributed by atoms with Gasteiger partial charge >= 0.3 is 0 Å². The number of aromatic nitrogens is 3. The average molecular weight is 640 g/mol. The van der Waals surface area contributed by atoms with Crippen LogP contribution in [0.3, 0.4) is 0 Å². The summed E-state index contributed by atoms with van der Waals surface area (Å²) in [5.41, 5.74) is 11.4. The summed E-state index contributed by atoms with van der Waals surface area (Å²) < 4.78 is 6.73. The number of rotatable bonds is 5. The number of hydrogen-bond donors (Lipinski definition) is 0. The maximum absolute atomic E-state index is 6.73. The van der Waals surface area contributed by atoms with Gasteiger partial charge in [0.25, 0.3) is 0 Å². The summed E-state index contributed by atoms with van der Waals surface area (Å²) in [4.78, 5) is 14.8. The number of furan rings is 1. The van der Waals surface area contributed by atoms with Crippen molar-refractivity contribution >= 4 is 21.9 Å². The van der Waals surface area contributed by atoms with Crippen molar-refractivity contribution in [1.29, 1.82) is 0 Å². The zero-order chi connectivity index (χ0) is 33.1. The van der Waals surface area contributed by atoms with Crippen LogP contribution in [0.25, 0.3) is 67.2 Å². The van der Waals surface area contributed by atoms with Gasteiger partial charge in [-0.1, -0.05) is 158 Å². The standard InChI is InChI=1S/C46H29N3O/c1-4-14-30(15-5-1)43-47-44(31-16-6-2-7-17-31)49-45(48-43)32-24-26-37-38-27-25-34(29-42(38)50-41(37)28-32)46(33-18-8-3-9-19-33)39-22-12-10-20-35(39)36-21-11-13-23-40(36)46/h1-29H. The van der Waals surface area contributed by atoms with Gasteiger partial charge in [-0.2, -0.15) is 0 Å². The Kier molecular flexibility index (Phi) is 6.36. The fraction of sp³-hybridized carbons (Fsp3) is 0.0217. The topological polar surface area (TPSA) is 51.8 Å². The predicted octanol–water partition coefficient (Wildman–Crippen LogP) is 11.1. The summed E-state index contributed by atoms with van der Waals surface area (Å²) in [5.74, 6) is 1.86. The van der Waals surface area contributed by atoms with Crippen LogP contribution in [0.15, 0.2) is 180 Å². The molecule has 0 fully saturated rings. The van der Waals surface area contributed by atoms with Crippen LogP contribution in [-0.2, 0) is 5.41 Å². The molecule has 1 aliphatic rings. The highest BCUT2D eigenvalue weighted by Gasteiger charge is 2.46. The highest BCUT2D eigenvalue weighted by atomic mass is 16.3. The zero-order valence-corrected chi connectivity index (χ0v) is 27.0. The molecule has 0 atom stereocenters. The molecule has 0 radical (unpaired) electrons. The summed E-state index contributed by atoms with van der Waals surface area (Å²) in [6.07, 6.45) is 0. The van der Waals surface area contributed by atoms with E-state index in [9.17, 15) is 0 Å². The fourth-order valence-electron chi connectivity index (χ4n) is 7.80. The van der Waals surface area contributed by atoms with Crippen LogP contribution in [0.1, 0.15) is 22.3 Å². The van der Waals surface area contributed by atoms with Gasteiger partial charge < -0.3 is 4.42 Å². The van der Waals surface area contributed by atoms with Crippen molar-refractivity contribution in [3.8, 4) is 45.3 Å². The van der Waals surface area contributed by atoms with Gasteiger partial charge in [0, 0.05) is 27.5 Å². The second-order valence-electron chi connectivity index (χ2n) is 12.8. The van der Waals surface area contributed by atoms with Crippen LogP contribution in [0.4, 0.5) is 0 Å². The molecule has 7 aromatic carbocycles. The molecule has 0 aliphatic heterocycles. The lowest BCUT2D eigenvalue weighted by Crippen LogP contribution is -2.28. The first-order chi connectivity index (χ1) is 24.8. The highest BCUT2D eigenvalue weighted by molar-refractivity contribution is 6.06. The molecule has 2 heterocycles. The third-order valence-corrected chi connectivity index (χ3v) is 10.0. The lowest BCUT2D eigenvalue weighted by atomic mass is 9.67. The summed E-state index contributed by atoms with van der Waals surface area (Å²) in [7, 11) is 0. The van der Waals surface area contributed by atoms with E-state index in [-0.39, 0.29) is 0 Å². The summed E-state index contributed by atoms with van der Waals surface area (Å²) in [6, 6.07) is 61.5. The predicted molar refractivity (Wildman–Crippen MR) is 201 cm³/mol. The molecule has 2 aromatic heterocycles. The molecule has 234 valence electrons. The molecular weight excluding hydrogens is 611 g/mol. The van der Waals surface area contributed by atoms with Gasteiger partial charge in [-0.25, -0.2) is 15.0 Å². The van der Waals surface area contributed by atoms with E-state index in [4.69, 9.17) is 19.4 Å². The smallest absolute Gasteiger partial charge is 0.164 e. The molecule has 50 heavy (non-hydrogen) atoms. The summed E-state index contributed by atoms with van der Waals surface area (Å²) in [5, 5.41) is 2.13. The summed E-state index contributed by atoms with van der Waals surface area (Å²) >= 11 is 0. The maximum atomic E-state index is 6.73. The second-order valence-corrected chi connectivity index (χ2v) is 12.8. The number of nitrogens with zero attached hydrogens (tertiary/aromatic N) is 3. The van der Waals surface area contributed by atoms with E-state index in [2.05, 4.69) is 115 Å². The minimum absolute atomic E-state index is 0.487. The minimum atomic E-state index is -0.487. The van der Waals surface area contributed by atoms with Gasteiger partial charge in [0.1, 0.15) is 11.2 Å². The van der Waals surface area contributed by atoms with E-state index in [1.165, 1.54) is 33.4 Å². The van der Waals surface area contributed by atoms with E-state index in [1.807, 2.05) is 60.7 Å². The first kappa shape index (κ1) is 28.4. The van der Waals surface area contributed by atoms with E-state index in [0.29, 0.717) is 17.5 Å². The van der Waals surface area contributed by atoms with Crippen LogP contribution in [-0.4, -0.2) is 15.0 Å². The van der Waals surface area contributed by atoms with Crippen molar-refractivity contribution < 1.29 is 4.42 Å². The Bertz CT molecular complexity index is 2600. The second kappa shape index (κ2) is 11.2. The van der Waals surface area contributed by atoms with Gasteiger partial charge in [-0.3, -0.25) is 0 Å². The van der Waals surface area contributed by atoms with E-state index < -0.39 is 5.41 Å². The first-order valence-corrected chi connectivity index (χ1v) is 16.9. The zero-order valence-electron chi connectivity index (χ0n) is 27.0. The van der Waals surface area contributed by atoms with Gasteiger partial charge in [0.05, 0.1) is 5.41 Å². The Hall–Kier alpha value is -6.65. The third-order valence-electron chi connectivity index (χ3n) is 10.0. The lowest BCUT2D eigenvalue weighted by Gasteiger charge is -2.33. The molecule has 0 N–H and O–H groups in total. The van der Waals surface area contributed by atoms with Gasteiger partial charge in [0.15, 0.2) is 17.5 Å². The first-order valence-electron chi connectivity index (χ1n) is 16.9. The maximum Gasteiger partial charge on any atom is 0.164 e. The minimum Gasteiger partial charge on any atom is -0.456 e. The molecule has 0 unspecified atom stereocenters. The Labute approximate surface area is 289 Å². The Morgan fingerprint density at radius 3 is 1.40 bits per heavy atom. The van der Waals surface area contributed by atoms with Crippen LogP contribution >= 0.6 is 0 Å². The molecule has 10 rings (SSSR count).